The predicted octanol–water partition coefficient (Wildman–Crippen LogP) is 0.929. The first-order chi connectivity index (χ1) is 8.13. The zero-order valence-electron chi connectivity index (χ0n) is 11.5. The van der Waals surface area contributed by atoms with Crippen LogP contribution in [0.1, 0.15) is 32.6 Å². The summed E-state index contributed by atoms with van der Waals surface area (Å²) in [6, 6.07) is 0.635. The van der Waals surface area contributed by atoms with E-state index >= 15 is 0 Å². The molecule has 1 rings (SSSR count). The summed E-state index contributed by atoms with van der Waals surface area (Å²) in [6.07, 6.45) is 4.37. The van der Waals surface area contributed by atoms with Gasteiger partial charge >= 0.3 is 0 Å². The number of amides is 1. The Bertz CT molecular complexity index is 225. The molecular formula is C13H27N3O. The summed E-state index contributed by atoms with van der Waals surface area (Å²) in [5.74, 6) is 0.227. The van der Waals surface area contributed by atoms with Crippen LogP contribution >= 0.6 is 0 Å². The Balaban J connectivity index is 2.29. The molecule has 17 heavy (non-hydrogen) atoms. The topological polar surface area (TPSA) is 35.6 Å². The van der Waals surface area contributed by atoms with Gasteiger partial charge in [0.2, 0.25) is 5.91 Å². The predicted molar refractivity (Wildman–Crippen MR) is 71.1 cm³/mol. The minimum Gasteiger partial charge on any atom is -0.349 e. The van der Waals surface area contributed by atoms with E-state index in [0.29, 0.717) is 12.5 Å². The molecule has 1 heterocycles. The Morgan fingerprint density at radius 1 is 1.35 bits per heavy atom. The molecule has 0 saturated carbocycles. The number of nitrogens with zero attached hydrogens (tertiary/aromatic N) is 2. The lowest BCUT2D eigenvalue weighted by atomic mass is 10.2. The maximum atomic E-state index is 11.6. The van der Waals surface area contributed by atoms with Crippen LogP contribution in [0.3, 0.4) is 0 Å². The molecule has 1 amide bonds. The van der Waals surface area contributed by atoms with E-state index in [2.05, 4.69) is 17.1 Å². The van der Waals surface area contributed by atoms with Gasteiger partial charge in [-0.05, 0) is 32.4 Å². The lowest BCUT2D eigenvalue weighted by Crippen LogP contribution is -2.39. The second kappa shape index (κ2) is 7.67. The Labute approximate surface area is 105 Å². The first kappa shape index (κ1) is 14.5. The fourth-order valence-electron chi connectivity index (χ4n) is 2.31. The molecule has 0 spiro atoms. The van der Waals surface area contributed by atoms with E-state index in [1.54, 1.807) is 4.90 Å². The molecule has 100 valence electrons. The lowest BCUT2D eigenvalue weighted by Gasteiger charge is -2.25. The zero-order chi connectivity index (χ0) is 12.7. The van der Waals surface area contributed by atoms with Crippen LogP contribution in [0, 0.1) is 0 Å². The summed E-state index contributed by atoms with van der Waals surface area (Å²) in [7, 11) is 3.65. The largest absolute Gasteiger partial charge is 0.349 e. The molecule has 1 aliphatic heterocycles. The van der Waals surface area contributed by atoms with Crippen molar-refractivity contribution in [2.75, 3.05) is 40.3 Å². The lowest BCUT2D eigenvalue weighted by molar-refractivity contribution is -0.129. The molecule has 1 unspecified atom stereocenters. The van der Waals surface area contributed by atoms with Gasteiger partial charge in [-0.25, -0.2) is 0 Å². The Morgan fingerprint density at radius 3 is 2.65 bits per heavy atom. The molecule has 1 saturated heterocycles. The number of nitrogens with one attached hydrogen (secondary N) is 1. The van der Waals surface area contributed by atoms with Gasteiger partial charge in [0.25, 0.3) is 0 Å². The van der Waals surface area contributed by atoms with E-state index in [9.17, 15) is 4.79 Å². The van der Waals surface area contributed by atoms with Crippen molar-refractivity contribution in [2.45, 2.75) is 38.6 Å². The van der Waals surface area contributed by atoms with Gasteiger partial charge in [-0.15, -0.1) is 0 Å². The monoisotopic (exact) mass is 241 g/mol. The molecule has 0 aliphatic carbocycles. The number of hydrogen-bond acceptors (Lipinski definition) is 3. The number of carbonyl (C=O) groups excluding carboxylic acids is 1. The van der Waals surface area contributed by atoms with E-state index in [-0.39, 0.29) is 5.91 Å². The molecule has 0 aromatic rings. The average Bonchev–Trinajstić information content (AvgIpc) is 2.78. The highest BCUT2D eigenvalue weighted by Crippen LogP contribution is 2.08. The van der Waals surface area contributed by atoms with Crippen molar-refractivity contribution in [2.24, 2.45) is 0 Å². The third kappa shape index (κ3) is 5.50. The van der Waals surface area contributed by atoms with E-state index in [1.165, 1.54) is 12.8 Å². The number of carbonyl (C=O) groups is 1. The Hall–Kier alpha value is -0.610. The van der Waals surface area contributed by atoms with E-state index in [1.807, 2.05) is 14.1 Å². The summed E-state index contributed by atoms with van der Waals surface area (Å²) in [5, 5.41) is 3.52. The first-order valence-electron chi connectivity index (χ1n) is 6.79. The normalized spacial score (nSPS) is 19.9. The highest BCUT2D eigenvalue weighted by molar-refractivity contribution is 5.75. The van der Waals surface area contributed by atoms with Crippen molar-refractivity contribution in [3.8, 4) is 0 Å². The van der Waals surface area contributed by atoms with Crippen LogP contribution in [-0.2, 0) is 4.79 Å². The van der Waals surface area contributed by atoms with Crippen molar-refractivity contribution in [3.63, 3.8) is 0 Å². The highest BCUT2D eigenvalue weighted by atomic mass is 16.2. The smallest absolute Gasteiger partial charge is 0.223 e. The highest BCUT2D eigenvalue weighted by Gasteiger charge is 2.18. The molecule has 0 radical (unpaired) electrons. The van der Waals surface area contributed by atoms with Crippen LogP contribution < -0.4 is 5.32 Å². The molecule has 4 nitrogen and oxygen atoms in total. The van der Waals surface area contributed by atoms with Gasteiger partial charge in [0.1, 0.15) is 0 Å². The summed E-state index contributed by atoms with van der Waals surface area (Å²) in [6.45, 7) is 6.43. The van der Waals surface area contributed by atoms with Gasteiger partial charge in [-0.3, -0.25) is 4.79 Å². The van der Waals surface area contributed by atoms with Crippen molar-refractivity contribution >= 4 is 5.91 Å². The van der Waals surface area contributed by atoms with Crippen molar-refractivity contribution < 1.29 is 4.79 Å². The Kier molecular flexibility index (Phi) is 6.52. The Morgan fingerprint density at radius 2 is 2.12 bits per heavy atom. The van der Waals surface area contributed by atoms with Crippen molar-refractivity contribution in [3.05, 3.63) is 0 Å². The van der Waals surface area contributed by atoms with Gasteiger partial charge in [0.05, 0.1) is 0 Å². The maximum absolute atomic E-state index is 11.6. The fourth-order valence-corrected chi connectivity index (χ4v) is 2.31. The molecule has 4 heteroatoms. The standard InChI is InChI=1S/C13H27N3O/c1-4-9-16(10-7-13(17)15(2)3)11-12-6-5-8-14-12/h12,14H,4-11H2,1-3H3. The molecule has 0 aromatic heterocycles. The van der Waals surface area contributed by atoms with Crippen LogP contribution in [0.5, 0.6) is 0 Å². The van der Waals surface area contributed by atoms with Gasteiger partial charge in [0.15, 0.2) is 0 Å². The average molecular weight is 241 g/mol. The quantitative estimate of drug-likeness (QED) is 0.720. The summed E-state index contributed by atoms with van der Waals surface area (Å²) in [4.78, 5) is 15.7. The molecule has 1 aliphatic rings. The third-order valence-electron chi connectivity index (χ3n) is 3.32. The summed E-state index contributed by atoms with van der Waals surface area (Å²) in [5.41, 5.74) is 0. The third-order valence-corrected chi connectivity index (χ3v) is 3.32. The van der Waals surface area contributed by atoms with E-state index in [4.69, 9.17) is 0 Å². The summed E-state index contributed by atoms with van der Waals surface area (Å²) >= 11 is 0. The van der Waals surface area contributed by atoms with Crippen LogP contribution in [0.15, 0.2) is 0 Å². The maximum Gasteiger partial charge on any atom is 0.223 e. The molecular weight excluding hydrogens is 214 g/mol. The first-order valence-corrected chi connectivity index (χ1v) is 6.79. The van der Waals surface area contributed by atoms with Crippen LogP contribution in [0.4, 0.5) is 0 Å². The van der Waals surface area contributed by atoms with Gasteiger partial charge < -0.3 is 15.1 Å². The molecule has 1 N–H and O–H groups in total. The minimum absolute atomic E-state index is 0.227. The minimum atomic E-state index is 0.227. The van der Waals surface area contributed by atoms with Crippen LogP contribution in [0.25, 0.3) is 0 Å². The van der Waals surface area contributed by atoms with Crippen LogP contribution in [-0.4, -0.2) is 62.0 Å². The van der Waals surface area contributed by atoms with E-state index in [0.717, 1.165) is 32.6 Å². The molecule has 0 aromatic carbocycles. The second-order valence-electron chi connectivity index (χ2n) is 5.13. The summed E-state index contributed by atoms with van der Waals surface area (Å²) < 4.78 is 0. The van der Waals surface area contributed by atoms with Crippen molar-refractivity contribution in [1.82, 2.24) is 15.1 Å². The molecule has 1 fully saturated rings. The SMILES string of the molecule is CCCN(CCC(=O)N(C)C)CC1CCCN1. The zero-order valence-corrected chi connectivity index (χ0v) is 11.5. The second-order valence-corrected chi connectivity index (χ2v) is 5.13. The van der Waals surface area contributed by atoms with Gasteiger partial charge in [-0.2, -0.15) is 0 Å². The van der Waals surface area contributed by atoms with Crippen molar-refractivity contribution in [1.29, 1.82) is 0 Å². The van der Waals surface area contributed by atoms with Gasteiger partial charge in [-0.1, -0.05) is 6.92 Å². The number of hydrogen-bond donors (Lipinski definition) is 1. The van der Waals surface area contributed by atoms with Crippen LogP contribution in [0.2, 0.25) is 0 Å². The van der Waals surface area contributed by atoms with Gasteiger partial charge in [0, 0.05) is 39.6 Å². The molecule has 0 bridgehead atoms. The number of rotatable bonds is 7. The fraction of sp³-hybridized carbons (Fsp3) is 0.923. The molecule has 1 atom stereocenters. The van der Waals surface area contributed by atoms with E-state index < -0.39 is 0 Å².